The van der Waals surface area contributed by atoms with E-state index in [-0.39, 0.29) is 11.3 Å². The average molecular weight is 391 g/mol. The summed E-state index contributed by atoms with van der Waals surface area (Å²) in [5.41, 5.74) is 0.937. The van der Waals surface area contributed by atoms with Crippen molar-refractivity contribution in [3.63, 3.8) is 0 Å². The number of thioether (sulfide) groups is 1. The molecule has 6 nitrogen and oxygen atoms in total. The summed E-state index contributed by atoms with van der Waals surface area (Å²) < 4.78 is 5.68. The Kier molecular flexibility index (Phi) is 6.92. The summed E-state index contributed by atoms with van der Waals surface area (Å²) in [5, 5.41) is 3.56. The highest BCUT2D eigenvalue weighted by atomic mass is 32.2. The van der Waals surface area contributed by atoms with Crippen LogP contribution in [0.5, 0.6) is 0 Å². The Morgan fingerprint density at radius 2 is 1.96 bits per heavy atom. The number of amides is 1. The smallest absolute Gasteiger partial charge is 0.287 e. The fourth-order valence-electron chi connectivity index (χ4n) is 2.19. The Morgan fingerprint density at radius 1 is 1.26 bits per heavy atom. The summed E-state index contributed by atoms with van der Waals surface area (Å²) in [6.07, 6.45) is 0. The number of rotatable bonds is 7. The second kappa shape index (κ2) is 8.78. The molecule has 0 atom stereocenters. The van der Waals surface area contributed by atoms with E-state index >= 15 is 0 Å². The van der Waals surface area contributed by atoms with E-state index in [2.05, 4.69) is 44.9 Å². The average Bonchev–Trinajstić information content (AvgIpc) is 3.05. The first-order valence-corrected chi connectivity index (χ1v) is 10.1. The summed E-state index contributed by atoms with van der Waals surface area (Å²) in [4.78, 5) is 23.4. The molecule has 2 aromatic rings. The quantitative estimate of drug-likeness (QED) is 0.567. The number of aromatic nitrogens is 2. The molecule has 2 heterocycles. The SMILES string of the molecule is CC(C)CNC(=O)c1ccc(CSc2nc(N(C)C)cc(C(C)(C)C)n2)o1. The molecule has 148 valence electrons. The number of nitrogens with zero attached hydrogens (tertiary/aromatic N) is 3. The van der Waals surface area contributed by atoms with Gasteiger partial charge in [0.15, 0.2) is 10.9 Å². The molecule has 0 aliphatic carbocycles. The maximum Gasteiger partial charge on any atom is 0.287 e. The van der Waals surface area contributed by atoms with Crippen LogP contribution in [0, 0.1) is 5.92 Å². The third-order valence-electron chi connectivity index (χ3n) is 3.82. The molecule has 0 bridgehead atoms. The van der Waals surface area contributed by atoms with Crippen LogP contribution in [0.1, 0.15) is 56.6 Å². The third-order valence-corrected chi connectivity index (χ3v) is 4.69. The molecule has 2 aromatic heterocycles. The van der Waals surface area contributed by atoms with Gasteiger partial charge in [-0.2, -0.15) is 0 Å². The van der Waals surface area contributed by atoms with Gasteiger partial charge in [0.05, 0.1) is 11.4 Å². The zero-order valence-corrected chi connectivity index (χ0v) is 18.1. The van der Waals surface area contributed by atoms with E-state index in [1.807, 2.05) is 31.1 Å². The van der Waals surface area contributed by atoms with Crippen LogP contribution < -0.4 is 10.2 Å². The van der Waals surface area contributed by atoms with Crippen LogP contribution in [0.25, 0.3) is 0 Å². The van der Waals surface area contributed by atoms with Crippen LogP contribution in [0.15, 0.2) is 27.8 Å². The lowest BCUT2D eigenvalue weighted by molar-refractivity contribution is 0.0920. The van der Waals surface area contributed by atoms with Crippen molar-refractivity contribution in [2.24, 2.45) is 5.92 Å². The summed E-state index contributed by atoms with van der Waals surface area (Å²) in [5.74, 6) is 2.73. The highest BCUT2D eigenvalue weighted by Gasteiger charge is 2.19. The van der Waals surface area contributed by atoms with Gasteiger partial charge in [-0.3, -0.25) is 4.79 Å². The molecule has 0 saturated carbocycles. The third kappa shape index (κ3) is 6.27. The predicted molar refractivity (Wildman–Crippen MR) is 110 cm³/mol. The second-order valence-electron chi connectivity index (χ2n) is 8.20. The van der Waals surface area contributed by atoms with E-state index < -0.39 is 0 Å². The van der Waals surface area contributed by atoms with Crippen molar-refractivity contribution in [3.05, 3.63) is 35.4 Å². The minimum absolute atomic E-state index is 0.0602. The molecule has 27 heavy (non-hydrogen) atoms. The first-order valence-electron chi connectivity index (χ1n) is 9.13. The molecule has 0 aromatic carbocycles. The maximum atomic E-state index is 12.1. The Morgan fingerprint density at radius 3 is 2.56 bits per heavy atom. The van der Waals surface area contributed by atoms with Crippen LogP contribution in [0.4, 0.5) is 5.82 Å². The Balaban J connectivity index is 2.08. The number of anilines is 1. The first kappa shape index (κ1) is 21.3. The van der Waals surface area contributed by atoms with Gasteiger partial charge < -0.3 is 14.6 Å². The van der Waals surface area contributed by atoms with Crippen LogP contribution in [-0.4, -0.2) is 36.5 Å². The van der Waals surface area contributed by atoms with E-state index in [0.717, 1.165) is 17.3 Å². The molecule has 1 N–H and O–H groups in total. The van der Waals surface area contributed by atoms with E-state index in [1.54, 1.807) is 6.07 Å². The van der Waals surface area contributed by atoms with Crippen molar-refractivity contribution in [1.82, 2.24) is 15.3 Å². The standard InChI is InChI=1S/C20H30N4O2S/c1-13(2)11-21-18(25)15-9-8-14(26-15)12-27-19-22-16(20(3,4)5)10-17(23-19)24(6)7/h8-10,13H,11-12H2,1-7H3,(H,21,25). The lowest BCUT2D eigenvalue weighted by Crippen LogP contribution is -2.26. The maximum absolute atomic E-state index is 12.1. The molecule has 1 amide bonds. The Bertz CT molecular complexity index is 779. The van der Waals surface area contributed by atoms with Gasteiger partial charge >= 0.3 is 0 Å². The molecule has 0 aliphatic heterocycles. The van der Waals surface area contributed by atoms with Crippen LogP contribution in [0.3, 0.4) is 0 Å². The highest BCUT2D eigenvalue weighted by molar-refractivity contribution is 7.98. The molecule has 2 rings (SSSR count). The van der Waals surface area contributed by atoms with Gasteiger partial charge in [0.1, 0.15) is 11.6 Å². The monoisotopic (exact) mass is 390 g/mol. The van der Waals surface area contributed by atoms with Crippen LogP contribution >= 0.6 is 11.8 Å². The molecule has 0 aliphatic rings. The van der Waals surface area contributed by atoms with E-state index in [0.29, 0.717) is 29.1 Å². The van der Waals surface area contributed by atoms with Crippen molar-refractivity contribution >= 4 is 23.5 Å². The molecule has 7 heteroatoms. The number of nitrogens with one attached hydrogen (secondary N) is 1. The van der Waals surface area contributed by atoms with Crippen molar-refractivity contribution < 1.29 is 9.21 Å². The topological polar surface area (TPSA) is 71.3 Å². The summed E-state index contributed by atoms with van der Waals surface area (Å²) in [6.45, 7) is 11.1. The number of hydrogen-bond acceptors (Lipinski definition) is 6. The van der Waals surface area contributed by atoms with Crippen LogP contribution in [-0.2, 0) is 11.2 Å². The van der Waals surface area contributed by atoms with Crippen LogP contribution in [0.2, 0.25) is 0 Å². The van der Waals surface area contributed by atoms with E-state index in [1.165, 1.54) is 11.8 Å². The first-order chi connectivity index (χ1) is 12.6. The summed E-state index contributed by atoms with van der Waals surface area (Å²) in [7, 11) is 3.94. The van der Waals surface area contributed by atoms with Gasteiger partial charge in [-0.1, -0.05) is 46.4 Å². The molecule has 0 unspecified atom stereocenters. The zero-order chi connectivity index (χ0) is 20.2. The molecule has 0 spiro atoms. The van der Waals surface area contributed by atoms with Gasteiger partial charge in [0, 0.05) is 32.1 Å². The van der Waals surface area contributed by atoms with Gasteiger partial charge in [-0.15, -0.1) is 0 Å². The van der Waals surface area contributed by atoms with Gasteiger partial charge in [-0.25, -0.2) is 9.97 Å². The highest BCUT2D eigenvalue weighted by Crippen LogP contribution is 2.28. The lowest BCUT2D eigenvalue weighted by Gasteiger charge is -2.21. The van der Waals surface area contributed by atoms with E-state index in [4.69, 9.17) is 9.40 Å². The number of carbonyl (C=O) groups is 1. The minimum Gasteiger partial charge on any atom is -0.455 e. The fraction of sp³-hybridized carbons (Fsp3) is 0.550. The van der Waals surface area contributed by atoms with E-state index in [9.17, 15) is 4.79 Å². The number of carbonyl (C=O) groups excluding carboxylic acids is 1. The Hall–Kier alpha value is -2.02. The molecule has 0 fully saturated rings. The van der Waals surface area contributed by atoms with Gasteiger partial charge in [0.2, 0.25) is 0 Å². The fourth-order valence-corrected chi connectivity index (χ4v) is 2.94. The van der Waals surface area contributed by atoms with Crippen molar-refractivity contribution in [3.8, 4) is 0 Å². The van der Waals surface area contributed by atoms with Gasteiger partial charge in [-0.05, 0) is 18.1 Å². The number of furan rings is 1. The zero-order valence-electron chi connectivity index (χ0n) is 17.3. The van der Waals surface area contributed by atoms with Crippen molar-refractivity contribution in [1.29, 1.82) is 0 Å². The molecular formula is C20H30N4O2S. The second-order valence-corrected chi connectivity index (χ2v) is 9.14. The summed E-state index contributed by atoms with van der Waals surface area (Å²) in [6, 6.07) is 5.56. The Labute approximate surface area is 166 Å². The normalized spacial score (nSPS) is 11.7. The minimum atomic E-state index is -0.180. The van der Waals surface area contributed by atoms with Crippen molar-refractivity contribution in [2.45, 2.75) is 50.9 Å². The predicted octanol–water partition coefficient (Wildman–Crippen LogP) is 4.11. The molecule has 0 saturated heterocycles. The van der Waals surface area contributed by atoms with Gasteiger partial charge in [0.25, 0.3) is 5.91 Å². The summed E-state index contributed by atoms with van der Waals surface area (Å²) >= 11 is 1.50. The van der Waals surface area contributed by atoms with Crippen molar-refractivity contribution in [2.75, 3.05) is 25.5 Å². The lowest BCUT2D eigenvalue weighted by atomic mass is 9.92. The largest absolute Gasteiger partial charge is 0.455 e. The molecular weight excluding hydrogens is 360 g/mol. The number of hydrogen-bond donors (Lipinski definition) is 1. The molecule has 0 radical (unpaired) electrons.